The lowest BCUT2D eigenvalue weighted by atomic mass is 10.2. The molecule has 0 aliphatic carbocycles. The quantitative estimate of drug-likeness (QED) is 0.903. The number of rotatable bonds is 3. The number of nitrogens with zero attached hydrogens (tertiary/aromatic N) is 1. The second-order valence-corrected chi connectivity index (χ2v) is 6.90. The van der Waals surface area contributed by atoms with Crippen LogP contribution in [0.25, 0.3) is 0 Å². The van der Waals surface area contributed by atoms with E-state index >= 15 is 0 Å². The van der Waals surface area contributed by atoms with Crippen molar-refractivity contribution >= 4 is 50.6 Å². The highest BCUT2D eigenvalue weighted by atomic mass is 35.5. The van der Waals surface area contributed by atoms with Crippen LogP contribution in [0.5, 0.6) is 0 Å². The molecule has 4 nitrogen and oxygen atoms in total. The van der Waals surface area contributed by atoms with E-state index in [2.05, 4.69) is 9.71 Å². The van der Waals surface area contributed by atoms with Gasteiger partial charge in [-0.25, -0.2) is 13.4 Å². The Kier molecular flexibility index (Phi) is 4.44. The van der Waals surface area contributed by atoms with Gasteiger partial charge in [-0.1, -0.05) is 34.8 Å². The average molecular weight is 352 g/mol. The van der Waals surface area contributed by atoms with E-state index < -0.39 is 10.0 Å². The van der Waals surface area contributed by atoms with Gasteiger partial charge in [-0.05, 0) is 36.8 Å². The first-order valence-electron chi connectivity index (χ1n) is 5.39. The predicted molar refractivity (Wildman–Crippen MR) is 81.3 cm³/mol. The molecule has 0 fully saturated rings. The first-order chi connectivity index (χ1) is 9.29. The molecule has 2 rings (SSSR count). The van der Waals surface area contributed by atoms with Crippen molar-refractivity contribution in [2.75, 3.05) is 4.72 Å². The third-order valence-electron chi connectivity index (χ3n) is 2.47. The van der Waals surface area contributed by atoms with Crippen molar-refractivity contribution in [2.24, 2.45) is 0 Å². The molecule has 0 saturated carbocycles. The molecule has 0 aliphatic heterocycles. The number of hydrogen-bond acceptors (Lipinski definition) is 3. The number of sulfonamides is 1. The summed E-state index contributed by atoms with van der Waals surface area (Å²) in [6.45, 7) is 1.63. The Morgan fingerprint density at radius 3 is 2.35 bits per heavy atom. The van der Waals surface area contributed by atoms with Gasteiger partial charge in [0.2, 0.25) is 0 Å². The molecular weight excluding hydrogens is 343 g/mol. The normalized spacial score (nSPS) is 11.4. The summed E-state index contributed by atoms with van der Waals surface area (Å²) in [6.07, 6.45) is 1.35. The van der Waals surface area contributed by atoms with E-state index in [0.717, 1.165) is 0 Å². The van der Waals surface area contributed by atoms with Crippen LogP contribution in [0.2, 0.25) is 15.1 Å². The summed E-state index contributed by atoms with van der Waals surface area (Å²) in [5.41, 5.74) is 0.487. The van der Waals surface area contributed by atoms with Gasteiger partial charge < -0.3 is 0 Å². The number of aromatic nitrogens is 1. The van der Waals surface area contributed by atoms with E-state index in [4.69, 9.17) is 34.8 Å². The molecule has 0 unspecified atom stereocenters. The lowest BCUT2D eigenvalue weighted by Crippen LogP contribution is -2.15. The third kappa shape index (κ3) is 3.35. The summed E-state index contributed by atoms with van der Waals surface area (Å²) < 4.78 is 26.9. The van der Waals surface area contributed by atoms with Crippen LogP contribution < -0.4 is 4.72 Å². The predicted octanol–water partition coefficient (Wildman–Crippen LogP) is 4.15. The monoisotopic (exact) mass is 350 g/mol. The Morgan fingerprint density at radius 1 is 1.10 bits per heavy atom. The number of hydrogen-bond donors (Lipinski definition) is 1. The third-order valence-corrected chi connectivity index (χ3v) is 4.92. The maximum atomic E-state index is 12.3. The molecule has 8 heteroatoms. The maximum absolute atomic E-state index is 12.3. The van der Waals surface area contributed by atoms with Crippen molar-refractivity contribution in [2.45, 2.75) is 11.8 Å². The Balaban J connectivity index is 2.40. The highest BCUT2D eigenvalue weighted by Crippen LogP contribution is 2.29. The van der Waals surface area contributed by atoms with Crippen LogP contribution in [-0.2, 0) is 10.0 Å². The van der Waals surface area contributed by atoms with Gasteiger partial charge in [0.15, 0.2) is 0 Å². The van der Waals surface area contributed by atoms with E-state index in [0.29, 0.717) is 15.6 Å². The maximum Gasteiger partial charge on any atom is 0.263 e. The zero-order valence-electron chi connectivity index (χ0n) is 10.2. The van der Waals surface area contributed by atoms with Gasteiger partial charge >= 0.3 is 0 Å². The van der Waals surface area contributed by atoms with E-state index in [9.17, 15) is 8.42 Å². The first-order valence-corrected chi connectivity index (χ1v) is 8.01. The Morgan fingerprint density at radius 2 is 1.75 bits per heavy atom. The molecule has 106 valence electrons. The largest absolute Gasteiger partial charge is 0.263 e. The molecule has 0 saturated heterocycles. The smallest absolute Gasteiger partial charge is 0.263 e. The van der Waals surface area contributed by atoms with Crippen LogP contribution in [-0.4, -0.2) is 13.4 Å². The minimum atomic E-state index is -3.79. The molecule has 1 heterocycles. The van der Waals surface area contributed by atoms with Gasteiger partial charge in [-0.15, -0.1) is 0 Å². The van der Waals surface area contributed by atoms with Crippen LogP contribution in [0.4, 0.5) is 5.82 Å². The lowest BCUT2D eigenvalue weighted by molar-refractivity contribution is 0.600. The number of pyridine rings is 1. The van der Waals surface area contributed by atoms with E-state index in [1.165, 1.54) is 30.5 Å². The van der Waals surface area contributed by atoms with Crippen molar-refractivity contribution in [3.63, 3.8) is 0 Å². The van der Waals surface area contributed by atoms with Crippen molar-refractivity contribution in [3.8, 4) is 0 Å². The molecular formula is C12H9Cl3N2O2S. The number of benzene rings is 1. The molecule has 20 heavy (non-hydrogen) atoms. The van der Waals surface area contributed by atoms with Crippen molar-refractivity contribution < 1.29 is 8.42 Å². The van der Waals surface area contributed by atoms with Gasteiger partial charge in [0.1, 0.15) is 5.82 Å². The van der Waals surface area contributed by atoms with Crippen LogP contribution in [0.3, 0.4) is 0 Å². The molecule has 2 aromatic rings. The molecule has 0 spiro atoms. The van der Waals surface area contributed by atoms with Gasteiger partial charge in [-0.2, -0.15) is 0 Å². The highest BCUT2D eigenvalue weighted by Gasteiger charge is 2.19. The van der Waals surface area contributed by atoms with Crippen LogP contribution in [0, 0.1) is 6.92 Å². The Bertz CT molecular complexity index is 746. The lowest BCUT2D eigenvalue weighted by Gasteiger charge is -2.11. The number of nitrogens with one attached hydrogen (secondary N) is 1. The Hall–Kier alpha value is -1.01. The van der Waals surface area contributed by atoms with Gasteiger partial charge in [-0.3, -0.25) is 4.72 Å². The Labute approximate surface area is 131 Å². The number of halogens is 3. The van der Waals surface area contributed by atoms with Crippen LogP contribution in [0.15, 0.2) is 35.4 Å². The number of anilines is 1. The minimum absolute atomic E-state index is 0.0450. The summed E-state index contributed by atoms with van der Waals surface area (Å²) in [4.78, 5) is 3.92. The molecule has 0 atom stereocenters. The molecule has 0 aliphatic rings. The molecule has 0 amide bonds. The zero-order valence-corrected chi connectivity index (χ0v) is 13.3. The average Bonchev–Trinajstić information content (AvgIpc) is 2.36. The van der Waals surface area contributed by atoms with E-state index in [1.807, 2.05) is 0 Å². The SMILES string of the molecule is Cc1cc(Cl)c(Cl)cc1S(=O)(=O)Nc1ccc(Cl)cn1. The van der Waals surface area contributed by atoms with Crippen LogP contribution >= 0.6 is 34.8 Å². The summed E-state index contributed by atoms with van der Waals surface area (Å²) in [6, 6.07) is 5.80. The van der Waals surface area contributed by atoms with Crippen molar-refractivity contribution in [3.05, 3.63) is 51.1 Å². The van der Waals surface area contributed by atoms with Crippen LogP contribution in [0.1, 0.15) is 5.56 Å². The van der Waals surface area contributed by atoms with E-state index in [-0.39, 0.29) is 15.7 Å². The summed E-state index contributed by atoms with van der Waals surface area (Å²) in [5.74, 6) is 0.167. The second kappa shape index (κ2) is 5.77. The number of aryl methyl sites for hydroxylation is 1. The molecule has 0 bridgehead atoms. The van der Waals surface area contributed by atoms with Gasteiger partial charge in [0.25, 0.3) is 10.0 Å². The zero-order chi connectivity index (χ0) is 14.9. The summed E-state index contributed by atoms with van der Waals surface area (Å²) in [7, 11) is -3.79. The minimum Gasteiger partial charge on any atom is -0.263 e. The molecule has 1 N–H and O–H groups in total. The van der Waals surface area contributed by atoms with Gasteiger partial charge in [0, 0.05) is 6.20 Å². The van der Waals surface area contributed by atoms with Crippen molar-refractivity contribution in [1.29, 1.82) is 0 Å². The summed E-state index contributed by atoms with van der Waals surface area (Å²) in [5, 5.41) is 0.883. The molecule has 0 radical (unpaired) electrons. The summed E-state index contributed by atoms with van der Waals surface area (Å²) >= 11 is 17.4. The van der Waals surface area contributed by atoms with E-state index in [1.54, 1.807) is 6.92 Å². The standard InChI is InChI=1S/C12H9Cl3N2O2S/c1-7-4-9(14)10(15)5-11(7)20(18,19)17-12-3-2-8(13)6-16-12/h2-6H,1H3,(H,16,17). The topological polar surface area (TPSA) is 59.1 Å². The fourth-order valence-corrected chi connectivity index (χ4v) is 3.37. The molecule has 1 aromatic heterocycles. The van der Waals surface area contributed by atoms with Crippen molar-refractivity contribution in [1.82, 2.24) is 4.98 Å². The highest BCUT2D eigenvalue weighted by molar-refractivity contribution is 7.92. The van der Waals surface area contributed by atoms with Gasteiger partial charge in [0.05, 0.1) is 20.0 Å². The molecule has 1 aromatic carbocycles. The second-order valence-electron chi connectivity index (χ2n) is 4.00. The first kappa shape index (κ1) is 15.4. The fraction of sp³-hybridized carbons (Fsp3) is 0.0833. The fourth-order valence-electron chi connectivity index (χ4n) is 1.55.